The normalized spacial score (nSPS) is 13.0. The molecule has 23 heavy (non-hydrogen) atoms. The number of carbonyl (C=O) groups is 1. The second-order valence-corrected chi connectivity index (χ2v) is 9.20. The third kappa shape index (κ3) is 5.67. The number of hydrogen-bond donors (Lipinski definition) is 2. The zero-order chi connectivity index (χ0) is 17.0. The van der Waals surface area contributed by atoms with E-state index in [0.29, 0.717) is 11.4 Å². The van der Waals surface area contributed by atoms with Crippen LogP contribution in [0.2, 0.25) is 0 Å². The van der Waals surface area contributed by atoms with Gasteiger partial charge in [0.05, 0.1) is 27.9 Å². The topological polar surface area (TPSA) is 88.2 Å². The SMILES string of the molecule is CC[C@@H](C)NC(=O)CSc1nc2ccc(NS(C)(=O)=O)cc2s1. The van der Waals surface area contributed by atoms with Crippen LogP contribution in [-0.2, 0) is 14.8 Å². The number of fused-ring (bicyclic) bond motifs is 1. The van der Waals surface area contributed by atoms with Crippen LogP contribution in [-0.4, -0.2) is 37.4 Å². The third-order valence-electron chi connectivity index (χ3n) is 3.02. The summed E-state index contributed by atoms with van der Waals surface area (Å²) in [6.45, 7) is 3.99. The smallest absolute Gasteiger partial charge is 0.230 e. The predicted molar refractivity (Wildman–Crippen MR) is 96.7 cm³/mol. The van der Waals surface area contributed by atoms with Crippen LogP contribution in [0, 0.1) is 0 Å². The fourth-order valence-electron chi connectivity index (χ4n) is 1.79. The van der Waals surface area contributed by atoms with Crippen molar-refractivity contribution in [1.82, 2.24) is 10.3 Å². The van der Waals surface area contributed by atoms with Gasteiger partial charge in [-0.2, -0.15) is 0 Å². The van der Waals surface area contributed by atoms with Crippen molar-refractivity contribution in [1.29, 1.82) is 0 Å². The number of sulfonamides is 1. The van der Waals surface area contributed by atoms with Crippen molar-refractivity contribution in [3.05, 3.63) is 18.2 Å². The highest BCUT2D eigenvalue weighted by molar-refractivity contribution is 8.01. The lowest BCUT2D eigenvalue weighted by atomic mass is 10.3. The van der Waals surface area contributed by atoms with Crippen molar-refractivity contribution in [2.45, 2.75) is 30.6 Å². The molecule has 0 aliphatic rings. The number of carbonyl (C=O) groups excluding carboxylic acids is 1. The summed E-state index contributed by atoms with van der Waals surface area (Å²) in [5.74, 6) is 0.307. The van der Waals surface area contributed by atoms with Gasteiger partial charge in [0.15, 0.2) is 4.34 Å². The standard InChI is InChI=1S/C14H19N3O3S3/c1-4-9(2)15-13(18)8-21-14-16-11-6-5-10(7-12(11)22-14)17-23(3,19)20/h5-7,9,17H,4,8H2,1-3H3,(H,15,18)/t9-/m1/s1. The molecule has 1 aromatic heterocycles. The van der Waals surface area contributed by atoms with Crippen LogP contribution in [0.1, 0.15) is 20.3 Å². The molecule has 0 unspecified atom stereocenters. The Bertz CT molecular complexity index is 802. The maximum Gasteiger partial charge on any atom is 0.230 e. The molecule has 0 aliphatic carbocycles. The Hall–Kier alpha value is -1.32. The van der Waals surface area contributed by atoms with Gasteiger partial charge in [0, 0.05) is 6.04 Å². The minimum atomic E-state index is -3.30. The molecular formula is C14H19N3O3S3. The number of thioether (sulfide) groups is 1. The summed E-state index contributed by atoms with van der Waals surface area (Å²) >= 11 is 2.82. The van der Waals surface area contributed by atoms with Gasteiger partial charge in [-0.1, -0.05) is 18.7 Å². The fraction of sp³-hybridized carbons (Fsp3) is 0.429. The molecule has 0 bridgehead atoms. The molecule has 1 heterocycles. The second-order valence-electron chi connectivity index (χ2n) is 5.20. The number of nitrogens with zero attached hydrogens (tertiary/aromatic N) is 1. The van der Waals surface area contributed by atoms with Crippen LogP contribution in [0.5, 0.6) is 0 Å². The number of benzene rings is 1. The molecule has 0 fully saturated rings. The lowest BCUT2D eigenvalue weighted by molar-refractivity contribution is -0.119. The van der Waals surface area contributed by atoms with E-state index in [9.17, 15) is 13.2 Å². The fourth-order valence-corrected chi connectivity index (χ4v) is 4.26. The summed E-state index contributed by atoms with van der Waals surface area (Å²) in [5, 5.41) is 2.91. The molecule has 0 saturated carbocycles. The lowest BCUT2D eigenvalue weighted by Crippen LogP contribution is -2.33. The second kappa shape index (κ2) is 7.50. The summed E-state index contributed by atoms with van der Waals surface area (Å²) in [6, 6.07) is 5.36. The first-order valence-corrected chi connectivity index (χ1v) is 10.8. The molecule has 1 atom stereocenters. The highest BCUT2D eigenvalue weighted by Crippen LogP contribution is 2.31. The van der Waals surface area contributed by atoms with Crippen molar-refractivity contribution in [3.63, 3.8) is 0 Å². The highest BCUT2D eigenvalue weighted by atomic mass is 32.2. The Kier molecular flexibility index (Phi) is 5.88. The Morgan fingerprint density at radius 1 is 1.43 bits per heavy atom. The van der Waals surface area contributed by atoms with Crippen LogP contribution in [0.15, 0.2) is 22.5 Å². The van der Waals surface area contributed by atoms with Crippen molar-refractivity contribution < 1.29 is 13.2 Å². The molecule has 126 valence electrons. The first kappa shape index (κ1) is 18.0. The number of amides is 1. The van der Waals surface area contributed by atoms with Gasteiger partial charge in [0.25, 0.3) is 0 Å². The van der Waals surface area contributed by atoms with Crippen LogP contribution in [0.4, 0.5) is 5.69 Å². The summed E-state index contributed by atoms with van der Waals surface area (Å²) in [6.07, 6.45) is 2.01. The molecule has 1 aromatic carbocycles. The molecule has 0 saturated heterocycles. The molecule has 0 aliphatic heterocycles. The van der Waals surface area contributed by atoms with Gasteiger partial charge < -0.3 is 5.32 Å². The summed E-state index contributed by atoms with van der Waals surface area (Å²) in [7, 11) is -3.30. The first-order valence-electron chi connectivity index (χ1n) is 7.07. The average Bonchev–Trinajstić information content (AvgIpc) is 2.85. The largest absolute Gasteiger partial charge is 0.353 e. The molecular weight excluding hydrogens is 354 g/mol. The summed E-state index contributed by atoms with van der Waals surface area (Å²) in [4.78, 5) is 16.2. The minimum absolute atomic E-state index is 0.0111. The van der Waals surface area contributed by atoms with E-state index < -0.39 is 10.0 Å². The Balaban J connectivity index is 2.04. The summed E-state index contributed by atoms with van der Waals surface area (Å²) in [5.41, 5.74) is 1.30. The maximum atomic E-state index is 11.8. The zero-order valence-electron chi connectivity index (χ0n) is 13.1. The number of nitrogens with one attached hydrogen (secondary N) is 2. The molecule has 2 rings (SSSR count). The zero-order valence-corrected chi connectivity index (χ0v) is 15.6. The molecule has 9 heteroatoms. The van der Waals surface area contributed by atoms with Crippen LogP contribution in [0.3, 0.4) is 0 Å². The molecule has 1 amide bonds. The summed E-state index contributed by atoms with van der Waals surface area (Å²) < 4.78 is 26.6. The number of hydrogen-bond acceptors (Lipinski definition) is 6. The number of thiazole rings is 1. The van der Waals surface area contributed by atoms with Crippen LogP contribution in [0.25, 0.3) is 10.2 Å². The van der Waals surface area contributed by atoms with E-state index in [2.05, 4.69) is 15.0 Å². The van der Waals surface area contributed by atoms with E-state index in [4.69, 9.17) is 0 Å². The van der Waals surface area contributed by atoms with E-state index in [-0.39, 0.29) is 11.9 Å². The Morgan fingerprint density at radius 3 is 2.83 bits per heavy atom. The Morgan fingerprint density at radius 2 is 2.17 bits per heavy atom. The van der Waals surface area contributed by atoms with E-state index in [0.717, 1.165) is 27.2 Å². The van der Waals surface area contributed by atoms with E-state index in [1.165, 1.54) is 23.1 Å². The maximum absolute atomic E-state index is 11.8. The van der Waals surface area contributed by atoms with Crippen molar-refractivity contribution in [2.24, 2.45) is 0 Å². The highest BCUT2D eigenvalue weighted by Gasteiger charge is 2.10. The van der Waals surface area contributed by atoms with Gasteiger partial charge in [-0.15, -0.1) is 11.3 Å². The van der Waals surface area contributed by atoms with E-state index in [1.807, 2.05) is 13.8 Å². The molecule has 0 spiro atoms. The minimum Gasteiger partial charge on any atom is -0.353 e. The van der Waals surface area contributed by atoms with E-state index in [1.54, 1.807) is 18.2 Å². The Labute approximate surface area is 144 Å². The van der Waals surface area contributed by atoms with Crippen LogP contribution >= 0.6 is 23.1 Å². The lowest BCUT2D eigenvalue weighted by Gasteiger charge is -2.10. The third-order valence-corrected chi connectivity index (χ3v) is 5.79. The van der Waals surface area contributed by atoms with Gasteiger partial charge in [0.1, 0.15) is 0 Å². The molecule has 2 N–H and O–H groups in total. The molecule has 6 nitrogen and oxygen atoms in total. The van der Waals surface area contributed by atoms with Gasteiger partial charge in [-0.25, -0.2) is 13.4 Å². The van der Waals surface area contributed by atoms with Crippen molar-refractivity contribution in [3.8, 4) is 0 Å². The number of aromatic nitrogens is 1. The predicted octanol–water partition coefficient (Wildman–Crippen LogP) is 2.67. The van der Waals surface area contributed by atoms with Crippen molar-refractivity contribution >= 4 is 54.9 Å². The van der Waals surface area contributed by atoms with Gasteiger partial charge in [-0.05, 0) is 31.5 Å². The van der Waals surface area contributed by atoms with Gasteiger partial charge in [-0.3, -0.25) is 9.52 Å². The monoisotopic (exact) mass is 373 g/mol. The first-order chi connectivity index (χ1) is 10.8. The van der Waals surface area contributed by atoms with Crippen molar-refractivity contribution in [2.75, 3.05) is 16.7 Å². The quantitative estimate of drug-likeness (QED) is 0.729. The van der Waals surface area contributed by atoms with Gasteiger partial charge >= 0.3 is 0 Å². The molecule has 2 aromatic rings. The number of anilines is 1. The van der Waals surface area contributed by atoms with Gasteiger partial charge in [0.2, 0.25) is 15.9 Å². The van der Waals surface area contributed by atoms with E-state index >= 15 is 0 Å². The molecule has 0 radical (unpaired) electrons. The average molecular weight is 374 g/mol. The van der Waals surface area contributed by atoms with Crippen LogP contribution < -0.4 is 10.0 Å². The number of rotatable bonds is 7.